The van der Waals surface area contributed by atoms with E-state index in [1.807, 2.05) is 0 Å². The van der Waals surface area contributed by atoms with Gasteiger partial charge in [-0.2, -0.15) is 4.21 Å². The summed E-state index contributed by atoms with van der Waals surface area (Å²) in [5.74, 6) is 0. The Labute approximate surface area is 62.8 Å². The van der Waals surface area contributed by atoms with Crippen LogP contribution in [0, 0.1) is 7.05 Å². The van der Waals surface area contributed by atoms with E-state index >= 15 is 0 Å². The smallest absolute Gasteiger partial charge is 0.331 e. The monoisotopic (exact) mass is 165 g/mol. The standard InChI is InChI=1S/C5H11NO3S/c1-6(10(7)8)2-4-9-5-3-6/h1-5H2,(H,7,8). The van der Waals surface area contributed by atoms with Crippen molar-refractivity contribution in [3.63, 3.8) is 0 Å². The lowest BCUT2D eigenvalue weighted by Gasteiger charge is -2.39. The number of hydrogen-bond acceptors (Lipinski definition) is 2. The van der Waals surface area contributed by atoms with Gasteiger partial charge in [0.2, 0.25) is 0 Å². The summed E-state index contributed by atoms with van der Waals surface area (Å²) in [6.07, 6.45) is 0. The Bertz CT molecular complexity index is 144. The van der Waals surface area contributed by atoms with Gasteiger partial charge in [-0.25, -0.2) is 0 Å². The Kier molecular flexibility index (Phi) is 2.40. The molecule has 5 heteroatoms. The first-order chi connectivity index (χ1) is 4.65. The zero-order chi connectivity index (χ0) is 7.61. The summed E-state index contributed by atoms with van der Waals surface area (Å²) in [7, 11) is 3.64. The third kappa shape index (κ3) is 1.54. The predicted molar refractivity (Wildman–Crippen MR) is 36.9 cm³/mol. The topological polar surface area (TPSA) is 46.5 Å². The molecule has 1 rings (SSSR count). The van der Waals surface area contributed by atoms with Gasteiger partial charge in [-0.15, -0.1) is 7.05 Å². The number of morpholine rings is 1. The zero-order valence-corrected chi connectivity index (χ0v) is 6.47. The van der Waals surface area contributed by atoms with Crippen LogP contribution in [0.1, 0.15) is 0 Å². The van der Waals surface area contributed by atoms with Gasteiger partial charge < -0.3 is 8.63 Å². The minimum Gasteiger partial charge on any atom is -0.370 e. The van der Waals surface area contributed by atoms with Crippen LogP contribution in [-0.4, -0.2) is 39.0 Å². The molecule has 0 aromatic rings. The largest absolute Gasteiger partial charge is 0.370 e. The Morgan fingerprint density at radius 3 is 2.30 bits per heavy atom. The maximum absolute atomic E-state index is 10.6. The molecule has 0 amide bonds. The Hall–Kier alpha value is 0.0300. The van der Waals surface area contributed by atoms with Gasteiger partial charge in [-0.05, 0) is 0 Å². The van der Waals surface area contributed by atoms with E-state index in [0.717, 1.165) is 0 Å². The average Bonchev–Trinajstić information content (AvgIpc) is 1.89. The Morgan fingerprint density at radius 2 is 2.00 bits per heavy atom. The van der Waals surface area contributed by atoms with Crippen LogP contribution in [0.5, 0.6) is 0 Å². The van der Waals surface area contributed by atoms with Crippen molar-refractivity contribution in [3.8, 4) is 0 Å². The van der Waals surface area contributed by atoms with E-state index in [4.69, 9.17) is 9.29 Å². The molecule has 0 bridgehead atoms. The van der Waals surface area contributed by atoms with Gasteiger partial charge in [-0.3, -0.25) is 4.55 Å². The first-order valence-electron chi connectivity index (χ1n) is 3.06. The summed E-state index contributed by atoms with van der Waals surface area (Å²) in [5, 5.41) is 0. The summed E-state index contributed by atoms with van der Waals surface area (Å²) in [6, 6.07) is 0. The van der Waals surface area contributed by atoms with Crippen LogP contribution in [0.2, 0.25) is 0 Å². The third-order valence-electron chi connectivity index (χ3n) is 1.62. The third-order valence-corrected chi connectivity index (χ3v) is 2.65. The average molecular weight is 165 g/mol. The van der Waals surface area contributed by atoms with Gasteiger partial charge in [0, 0.05) is 0 Å². The van der Waals surface area contributed by atoms with E-state index in [-0.39, 0.29) is 3.89 Å². The van der Waals surface area contributed by atoms with Gasteiger partial charge in [0.05, 0.1) is 26.3 Å². The summed E-state index contributed by atoms with van der Waals surface area (Å²) in [5.41, 5.74) is 0. The Morgan fingerprint density at radius 1 is 1.50 bits per heavy atom. The van der Waals surface area contributed by atoms with Crippen LogP contribution in [0.4, 0.5) is 0 Å². The molecule has 0 aromatic carbocycles. The lowest BCUT2D eigenvalue weighted by molar-refractivity contribution is -0.769. The molecule has 0 radical (unpaired) electrons. The number of quaternary nitrogens is 1. The fourth-order valence-electron chi connectivity index (χ4n) is 0.832. The first-order valence-corrected chi connectivity index (χ1v) is 4.12. The highest BCUT2D eigenvalue weighted by molar-refractivity contribution is 7.73. The van der Waals surface area contributed by atoms with Gasteiger partial charge >= 0.3 is 11.3 Å². The number of rotatable bonds is 1. The van der Waals surface area contributed by atoms with Crippen molar-refractivity contribution in [2.45, 2.75) is 0 Å². The molecule has 0 aliphatic carbocycles. The zero-order valence-electron chi connectivity index (χ0n) is 5.65. The fraction of sp³-hybridized carbons (Fsp3) is 0.800. The minimum absolute atomic E-state index is 0.0417. The molecule has 1 heterocycles. The summed E-state index contributed by atoms with van der Waals surface area (Å²) < 4.78 is 24.4. The minimum atomic E-state index is -1.87. The van der Waals surface area contributed by atoms with Crippen molar-refractivity contribution in [2.75, 3.05) is 26.3 Å². The van der Waals surface area contributed by atoms with Crippen molar-refractivity contribution >= 4 is 11.3 Å². The van der Waals surface area contributed by atoms with Crippen molar-refractivity contribution in [1.29, 1.82) is 0 Å². The normalized spacial score (nSPS) is 27.8. The van der Waals surface area contributed by atoms with Crippen LogP contribution < -0.4 is 0 Å². The van der Waals surface area contributed by atoms with E-state index in [2.05, 4.69) is 7.05 Å². The lowest BCUT2D eigenvalue weighted by atomic mass is 10.5. The predicted octanol–water partition coefficient (Wildman–Crippen LogP) is -0.238. The quantitative estimate of drug-likeness (QED) is 0.331. The van der Waals surface area contributed by atoms with Crippen molar-refractivity contribution in [2.24, 2.45) is 0 Å². The fourth-order valence-corrected chi connectivity index (χ4v) is 1.29. The summed E-state index contributed by atoms with van der Waals surface area (Å²) in [4.78, 5) is 0. The molecule has 1 fully saturated rings. The van der Waals surface area contributed by atoms with Crippen LogP contribution in [-0.2, 0) is 16.0 Å². The van der Waals surface area contributed by atoms with Gasteiger partial charge in [0.1, 0.15) is 0 Å². The number of hydrogen-bond donors (Lipinski definition) is 1. The summed E-state index contributed by atoms with van der Waals surface area (Å²) >= 11 is -1.87. The molecule has 0 aromatic heterocycles. The van der Waals surface area contributed by atoms with Crippen LogP contribution in [0.3, 0.4) is 0 Å². The molecule has 1 atom stereocenters. The molecular formula is C5H11NO3S. The molecule has 4 nitrogen and oxygen atoms in total. The van der Waals surface area contributed by atoms with E-state index in [0.29, 0.717) is 26.3 Å². The molecule has 1 saturated heterocycles. The van der Waals surface area contributed by atoms with Gasteiger partial charge in [0.15, 0.2) is 0 Å². The van der Waals surface area contributed by atoms with E-state index in [1.54, 1.807) is 0 Å². The molecule has 0 spiro atoms. The van der Waals surface area contributed by atoms with Gasteiger partial charge in [0.25, 0.3) is 0 Å². The molecular weight excluding hydrogens is 154 g/mol. The molecule has 60 valence electrons. The van der Waals surface area contributed by atoms with Crippen molar-refractivity contribution < 1.29 is 17.4 Å². The maximum Gasteiger partial charge on any atom is 0.331 e. The van der Waals surface area contributed by atoms with Crippen LogP contribution >= 0.6 is 0 Å². The highest BCUT2D eigenvalue weighted by Gasteiger charge is 2.25. The SMILES string of the molecule is [CH2-][N+]1(S(=O)O)CCOCC1. The lowest BCUT2D eigenvalue weighted by Crippen LogP contribution is -2.50. The van der Waals surface area contributed by atoms with Crippen LogP contribution in [0.25, 0.3) is 0 Å². The second kappa shape index (κ2) is 2.96. The van der Waals surface area contributed by atoms with E-state index in [1.165, 1.54) is 0 Å². The second-order valence-electron chi connectivity index (χ2n) is 2.35. The van der Waals surface area contributed by atoms with E-state index < -0.39 is 11.3 Å². The molecule has 0 saturated carbocycles. The second-order valence-corrected chi connectivity index (χ2v) is 3.58. The van der Waals surface area contributed by atoms with E-state index in [9.17, 15) is 4.21 Å². The molecule has 1 aliphatic rings. The van der Waals surface area contributed by atoms with Crippen LogP contribution in [0.15, 0.2) is 0 Å². The number of nitrogens with zero attached hydrogens (tertiary/aromatic N) is 1. The van der Waals surface area contributed by atoms with Crippen molar-refractivity contribution in [1.82, 2.24) is 0 Å². The summed E-state index contributed by atoms with van der Waals surface area (Å²) in [6.45, 7) is 2.08. The van der Waals surface area contributed by atoms with Crippen molar-refractivity contribution in [3.05, 3.63) is 7.05 Å². The molecule has 10 heavy (non-hydrogen) atoms. The Balaban J connectivity index is 2.56. The molecule has 1 aliphatic heterocycles. The highest BCUT2D eigenvalue weighted by Crippen LogP contribution is 2.10. The van der Waals surface area contributed by atoms with Gasteiger partial charge in [-0.1, -0.05) is 0 Å². The molecule has 1 N–H and O–H groups in total. The highest BCUT2D eigenvalue weighted by atomic mass is 32.2. The molecule has 1 unspecified atom stereocenters. The maximum atomic E-state index is 10.6. The number of ether oxygens (including phenoxy) is 1. The first kappa shape index (κ1) is 8.13.